The van der Waals surface area contributed by atoms with Gasteiger partial charge >= 0.3 is 0 Å². The van der Waals surface area contributed by atoms with Gasteiger partial charge in [0.05, 0.1) is 5.75 Å². The predicted molar refractivity (Wildman–Crippen MR) is 66.0 cm³/mol. The van der Waals surface area contributed by atoms with E-state index in [2.05, 4.69) is 0 Å². The standard InChI is InChI=1S/C12H17NO3S/c1-2-17(15,16)9-8-13-7-6-10-11(13)4-3-5-12(10)14/h6-7H,2-5,8-9H2,1H3. The third-order valence-corrected chi connectivity index (χ3v) is 4.96. The van der Waals surface area contributed by atoms with Crippen LogP contribution in [0, 0.1) is 0 Å². The lowest BCUT2D eigenvalue weighted by atomic mass is 9.97. The molecule has 4 nitrogen and oxygen atoms in total. The van der Waals surface area contributed by atoms with Gasteiger partial charge in [0.2, 0.25) is 0 Å². The monoisotopic (exact) mass is 255 g/mol. The number of sulfone groups is 1. The van der Waals surface area contributed by atoms with Crippen LogP contribution in [0.2, 0.25) is 0 Å². The summed E-state index contributed by atoms with van der Waals surface area (Å²) in [5.41, 5.74) is 1.79. The molecule has 5 heteroatoms. The van der Waals surface area contributed by atoms with E-state index in [1.807, 2.05) is 16.8 Å². The second kappa shape index (κ2) is 4.64. The van der Waals surface area contributed by atoms with Gasteiger partial charge in [-0.15, -0.1) is 0 Å². The van der Waals surface area contributed by atoms with Crippen LogP contribution in [0.1, 0.15) is 35.8 Å². The van der Waals surface area contributed by atoms with E-state index < -0.39 is 9.84 Å². The van der Waals surface area contributed by atoms with Gasteiger partial charge in [0.25, 0.3) is 0 Å². The van der Waals surface area contributed by atoms with Crippen LogP contribution in [-0.2, 0) is 22.8 Å². The average molecular weight is 255 g/mol. The van der Waals surface area contributed by atoms with Gasteiger partial charge in [0.1, 0.15) is 0 Å². The largest absolute Gasteiger partial charge is 0.350 e. The molecule has 94 valence electrons. The number of aryl methyl sites for hydroxylation is 1. The Morgan fingerprint density at radius 3 is 2.82 bits per heavy atom. The number of Topliss-reactive ketones (excluding diaryl/α,β-unsaturated/α-hetero) is 1. The summed E-state index contributed by atoms with van der Waals surface area (Å²) in [6.07, 6.45) is 4.19. The molecule has 2 rings (SSSR count). The molecule has 17 heavy (non-hydrogen) atoms. The highest BCUT2D eigenvalue weighted by Crippen LogP contribution is 2.22. The van der Waals surface area contributed by atoms with Gasteiger partial charge < -0.3 is 4.57 Å². The molecule has 1 aromatic rings. The SMILES string of the molecule is CCS(=O)(=O)CCn1ccc2c1CCCC2=O. The molecule has 0 fully saturated rings. The summed E-state index contributed by atoms with van der Waals surface area (Å²) in [5.74, 6) is 0.511. The number of ketones is 1. The molecule has 0 spiro atoms. The Kier molecular flexibility index (Phi) is 3.38. The van der Waals surface area contributed by atoms with Gasteiger partial charge in [-0.3, -0.25) is 4.79 Å². The van der Waals surface area contributed by atoms with Gasteiger partial charge in [0.15, 0.2) is 15.6 Å². The maximum Gasteiger partial charge on any atom is 0.164 e. The zero-order valence-electron chi connectivity index (χ0n) is 9.98. The number of hydrogen-bond acceptors (Lipinski definition) is 3. The van der Waals surface area contributed by atoms with Crippen LogP contribution in [0.5, 0.6) is 0 Å². The summed E-state index contributed by atoms with van der Waals surface area (Å²) in [6.45, 7) is 2.11. The van der Waals surface area contributed by atoms with Gasteiger partial charge in [0, 0.05) is 36.2 Å². The molecule has 1 heterocycles. The highest BCUT2D eigenvalue weighted by atomic mass is 32.2. The summed E-state index contributed by atoms with van der Waals surface area (Å²) >= 11 is 0. The predicted octanol–water partition coefficient (Wildman–Crippen LogP) is 1.44. The number of aromatic nitrogens is 1. The fourth-order valence-electron chi connectivity index (χ4n) is 2.18. The van der Waals surface area contributed by atoms with Crippen molar-refractivity contribution in [3.8, 4) is 0 Å². The molecule has 0 amide bonds. The molecule has 0 aliphatic heterocycles. The molecule has 0 aromatic carbocycles. The molecular formula is C12H17NO3S. The Morgan fingerprint density at radius 2 is 2.12 bits per heavy atom. The van der Waals surface area contributed by atoms with Crippen molar-refractivity contribution in [2.45, 2.75) is 32.7 Å². The van der Waals surface area contributed by atoms with E-state index in [9.17, 15) is 13.2 Å². The summed E-state index contributed by atoms with van der Waals surface area (Å²) in [5, 5.41) is 0. The molecule has 1 aliphatic rings. The van der Waals surface area contributed by atoms with Crippen molar-refractivity contribution in [2.75, 3.05) is 11.5 Å². The van der Waals surface area contributed by atoms with Crippen LogP contribution in [0.3, 0.4) is 0 Å². The Hall–Kier alpha value is -1.10. The Labute approximate surface area is 102 Å². The lowest BCUT2D eigenvalue weighted by Crippen LogP contribution is -2.18. The molecule has 0 N–H and O–H groups in total. The van der Waals surface area contributed by atoms with Crippen LogP contribution in [0.25, 0.3) is 0 Å². The lowest BCUT2D eigenvalue weighted by Gasteiger charge is -2.14. The van der Waals surface area contributed by atoms with Gasteiger partial charge in [-0.2, -0.15) is 0 Å². The maximum absolute atomic E-state index is 11.6. The Balaban J connectivity index is 2.16. The Morgan fingerprint density at radius 1 is 1.35 bits per heavy atom. The van der Waals surface area contributed by atoms with Gasteiger partial charge in [-0.05, 0) is 18.9 Å². The molecule has 0 radical (unpaired) electrons. The first-order chi connectivity index (χ1) is 8.03. The number of carbonyl (C=O) groups excluding carboxylic acids is 1. The third-order valence-electron chi connectivity index (χ3n) is 3.28. The van der Waals surface area contributed by atoms with E-state index in [-0.39, 0.29) is 17.3 Å². The quantitative estimate of drug-likeness (QED) is 0.818. The van der Waals surface area contributed by atoms with Crippen molar-refractivity contribution in [3.63, 3.8) is 0 Å². The molecule has 0 unspecified atom stereocenters. The van der Waals surface area contributed by atoms with Crippen molar-refractivity contribution in [2.24, 2.45) is 0 Å². The second-order valence-corrected chi connectivity index (χ2v) is 6.86. The van der Waals surface area contributed by atoms with Crippen LogP contribution in [-0.4, -0.2) is 30.3 Å². The third kappa shape index (κ3) is 2.60. The highest BCUT2D eigenvalue weighted by molar-refractivity contribution is 7.91. The fraction of sp³-hybridized carbons (Fsp3) is 0.583. The van der Waals surface area contributed by atoms with E-state index in [1.54, 1.807) is 6.92 Å². The molecule has 0 saturated heterocycles. The molecule has 0 saturated carbocycles. The van der Waals surface area contributed by atoms with Crippen molar-refractivity contribution in [1.29, 1.82) is 0 Å². The van der Waals surface area contributed by atoms with Gasteiger partial charge in [-0.25, -0.2) is 8.42 Å². The summed E-state index contributed by atoms with van der Waals surface area (Å²) < 4.78 is 24.8. The minimum Gasteiger partial charge on any atom is -0.350 e. The minimum absolute atomic E-state index is 0.152. The van der Waals surface area contributed by atoms with Crippen molar-refractivity contribution in [3.05, 3.63) is 23.5 Å². The van der Waals surface area contributed by atoms with Crippen LogP contribution < -0.4 is 0 Å². The van der Waals surface area contributed by atoms with Crippen molar-refractivity contribution < 1.29 is 13.2 Å². The van der Waals surface area contributed by atoms with Crippen LogP contribution in [0.15, 0.2) is 12.3 Å². The van der Waals surface area contributed by atoms with Crippen molar-refractivity contribution >= 4 is 15.6 Å². The number of nitrogens with zero attached hydrogens (tertiary/aromatic N) is 1. The topological polar surface area (TPSA) is 56.1 Å². The molecule has 0 atom stereocenters. The lowest BCUT2D eigenvalue weighted by molar-refractivity contribution is 0.0972. The second-order valence-electron chi connectivity index (χ2n) is 4.38. The highest BCUT2D eigenvalue weighted by Gasteiger charge is 2.20. The first-order valence-corrected chi connectivity index (χ1v) is 7.77. The van der Waals surface area contributed by atoms with E-state index in [0.717, 1.165) is 24.1 Å². The van der Waals surface area contributed by atoms with E-state index in [1.165, 1.54) is 0 Å². The molecule has 0 bridgehead atoms. The maximum atomic E-state index is 11.6. The molecule has 1 aliphatic carbocycles. The molecule has 1 aromatic heterocycles. The first-order valence-electron chi connectivity index (χ1n) is 5.95. The number of hydrogen-bond donors (Lipinski definition) is 0. The Bertz CT molecular complexity index is 528. The number of rotatable bonds is 4. The summed E-state index contributed by atoms with van der Waals surface area (Å²) in [6, 6.07) is 1.81. The average Bonchev–Trinajstić information content (AvgIpc) is 2.71. The normalized spacial score (nSPS) is 15.9. The van der Waals surface area contributed by atoms with Crippen LogP contribution >= 0.6 is 0 Å². The van der Waals surface area contributed by atoms with E-state index in [0.29, 0.717) is 13.0 Å². The van der Waals surface area contributed by atoms with Crippen molar-refractivity contribution in [1.82, 2.24) is 4.57 Å². The van der Waals surface area contributed by atoms with E-state index in [4.69, 9.17) is 0 Å². The zero-order valence-corrected chi connectivity index (χ0v) is 10.8. The fourth-order valence-corrected chi connectivity index (χ4v) is 2.94. The van der Waals surface area contributed by atoms with Gasteiger partial charge in [-0.1, -0.05) is 6.92 Å². The number of fused-ring (bicyclic) bond motifs is 1. The minimum atomic E-state index is -2.94. The number of carbonyl (C=O) groups is 1. The zero-order chi connectivity index (χ0) is 12.5. The first kappa shape index (κ1) is 12.4. The van der Waals surface area contributed by atoms with E-state index >= 15 is 0 Å². The smallest absolute Gasteiger partial charge is 0.164 e. The summed E-state index contributed by atoms with van der Waals surface area (Å²) in [7, 11) is -2.94. The summed E-state index contributed by atoms with van der Waals surface area (Å²) in [4.78, 5) is 11.6. The van der Waals surface area contributed by atoms with Crippen LogP contribution in [0.4, 0.5) is 0 Å². The molecular weight excluding hydrogens is 238 g/mol.